The van der Waals surface area contributed by atoms with Crippen LogP contribution in [0.3, 0.4) is 0 Å². The third-order valence-corrected chi connectivity index (χ3v) is 4.06. The lowest BCUT2D eigenvalue weighted by molar-refractivity contribution is -0.0490. The summed E-state index contributed by atoms with van der Waals surface area (Å²) in [6.07, 6.45) is 1.72. The van der Waals surface area contributed by atoms with Gasteiger partial charge in [-0.05, 0) is 37.1 Å². The van der Waals surface area contributed by atoms with Gasteiger partial charge in [0.25, 0.3) is 5.91 Å². The number of carbonyl (C=O) groups is 1. The minimum atomic E-state index is -0.0543. The van der Waals surface area contributed by atoms with E-state index in [2.05, 4.69) is 24.0 Å². The topological polar surface area (TPSA) is 45.3 Å². The average Bonchev–Trinajstić information content (AvgIpc) is 3.02. The van der Waals surface area contributed by atoms with E-state index in [0.29, 0.717) is 18.8 Å². The van der Waals surface area contributed by atoms with Gasteiger partial charge in [0, 0.05) is 6.20 Å². The minimum absolute atomic E-state index is 0.0365. The molecule has 1 aliphatic heterocycles. The van der Waals surface area contributed by atoms with Gasteiger partial charge < -0.3 is 14.6 Å². The fourth-order valence-electron chi connectivity index (χ4n) is 2.79. The van der Waals surface area contributed by atoms with Crippen molar-refractivity contribution >= 4 is 5.91 Å². The van der Waals surface area contributed by atoms with Crippen molar-refractivity contribution < 1.29 is 9.53 Å². The molecule has 0 aliphatic carbocycles. The number of hydrogen-bond acceptors (Lipinski definition) is 2. The van der Waals surface area contributed by atoms with Gasteiger partial charge in [-0.25, -0.2) is 0 Å². The summed E-state index contributed by atoms with van der Waals surface area (Å²) in [4.78, 5) is 17.5. The highest BCUT2D eigenvalue weighted by atomic mass is 16.5. The molecule has 2 aromatic rings. The van der Waals surface area contributed by atoms with E-state index in [-0.39, 0.29) is 18.1 Å². The molecule has 1 aromatic carbocycles. The second-order valence-electron chi connectivity index (χ2n) is 5.57. The number of morpholine rings is 1. The highest BCUT2D eigenvalue weighted by Gasteiger charge is 2.31. The smallest absolute Gasteiger partial charge is 0.270 e. The summed E-state index contributed by atoms with van der Waals surface area (Å²) in [5.74, 6) is 0.0365. The van der Waals surface area contributed by atoms with Crippen molar-refractivity contribution in [2.75, 3.05) is 13.2 Å². The zero-order chi connectivity index (χ0) is 14.8. The number of rotatable bonds is 2. The number of aromatic nitrogens is 1. The number of ether oxygens (including phenoxy) is 1. The Hall–Kier alpha value is -2.07. The number of carbonyl (C=O) groups excluding carboxylic acids is 1. The van der Waals surface area contributed by atoms with Crippen LogP contribution < -0.4 is 0 Å². The lowest BCUT2D eigenvalue weighted by atomic mass is 10.0. The molecule has 3 rings (SSSR count). The molecule has 2 atom stereocenters. The number of benzene rings is 1. The first kappa shape index (κ1) is 13.9. The summed E-state index contributed by atoms with van der Waals surface area (Å²) in [7, 11) is 0. The first-order chi connectivity index (χ1) is 10.2. The first-order valence-corrected chi connectivity index (χ1v) is 7.28. The Morgan fingerprint density at radius 1 is 1.29 bits per heavy atom. The number of amides is 1. The molecule has 0 saturated carbocycles. The Morgan fingerprint density at radius 3 is 2.81 bits per heavy atom. The van der Waals surface area contributed by atoms with E-state index < -0.39 is 0 Å². The number of nitrogens with one attached hydrogen (secondary N) is 1. The molecule has 1 amide bonds. The normalized spacial score (nSPS) is 22.3. The molecule has 21 heavy (non-hydrogen) atoms. The molecule has 0 spiro atoms. The maximum Gasteiger partial charge on any atom is 0.270 e. The van der Waals surface area contributed by atoms with Crippen LogP contribution in [0, 0.1) is 6.92 Å². The van der Waals surface area contributed by atoms with Gasteiger partial charge in [0.2, 0.25) is 0 Å². The standard InChI is InChI=1S/C17H20N2O2/c1-12-6-3-4-7-14(12)16-10-19(13(2)11-21-16)17(20)15-8-5-9-18-15/h3-9,13,16,18H,10-11H2,1-2H3. The van der Waals surface area contributed by atoms with E-state index in [1.165, 1.54) is 5.56 Å². The van der Waals surface area contributed by atoms with Gasteiger partial charge >= 0.3 is 0 Å². The SMILES string of the molecule is Cc1ccccc1C1CN(C(=O)c2ccc[nH]2)C(C)CO1. The molecule has 1 saturated heterocycles. The molecule has 2 heterocycles. The van der Waals surface area contributed by atoms with Crippen LogP contribution in [0.1, 0.15) is 34.6 Å². The van der Waals surface area contributed by atoms with Crippen molar-refractivity contribution in [2.45, 2.75) is 26.0 Å². The molecule has 1 N–H and O–H groups in total. The van der Waals surface area contributed by atoms with Crippen LogP contribution in [0.15, 0.2) is 42.6 Å². The Balaban J connectivity index is 1.82. The predicted molar refractivity (Wildman–Crippen MR) is 81.2 cm³/mol. The third kappa shape index (κ3) is 2.72. The molecule has 1 fully saturated rings. The molecule has 4 heteroatoms. The monoisotopic (exact) mass is 284 g/mol. The zero-order valence-electron chi connectivity index (χ0n) is 12.4. The minimum Gasteiger partial charge on any atom is -0.370 e. The van der Waals surface area contributed by atoms with Gasteiger partial charge in [-0.15, -0.1) is 0 Å². The van der Waals surface area contributed by atoms with E-state index in [0.717, 1.165) is 5.56 Å². The fourth-order valence-corrected chi connectivity index (χ4v) is 2.79. The van der Waals surface area contributed by atoms with Gasteiger partial charge in [0.1, 0.15) is 11.8 Å². The quantitative estimate of drug-likeness (QED) is 0.921. The molecule has 1 aromatic heterocycles. The van der Waals surface area contributed by atoms with E-state index >= 15 is 0 Å². The Labute approximate surface area is 124 Å². The highest BCUT2D eigenvalue weighted by molar-refractivity contribution is 5.92. The van der Waals surface area contributed by atoms with Gasteiger partial charge in [0.15, 0.2) is 0 Å². The predicted octanol–water partition coefficient (Wildman–Crippen LogP) is 2.93. The van der Waals surface area contributed by atoms with Crippen LogP contribution in [-0.4, -0.2) is 35.0 Å². The summed E-state index contributed by atoms with van der Waals surface area (Å²) in [6.45, 7) is 5.25. The Bertz CT molecular complexity index is 621. The number of aromatic amines is 1. The molecule has 110 valence electrons. The molecule has 1 aliphatic rings. The van der Waals surface area contributed by atoms with Gasteiger partial charge in [-0.3, -0.25) is 4.79 Å². The van der Waals surface area contributed by atoms with Crippen LogP contribution >= 0.6 is 0 Å². The summed E-state index contributed by atoms with van der Waals surface area (Å²) in [6, 6.07) is 11.9. The van der Waals surface area contributed by atoms with Crippen molar-refractivity contribution in [1.82, 2.24) is 9.88 Å². The van der Waals surface area contributed by atoms with Crippen LogP contribution in [0.2, 0.25) is 0 Å². The number of hydrogen-bond donors (Lipinski definition) is 1. The number of aryl methyl sites for hydroxylation is 1. The summed E-state index contributed by atoms with van der Waals surface area (Å²) in [5.41, 5.74) is 2.99. The van der Waals surface area contributed by atoms with Gasteiger partial charge in [-0.1, -0.05) is 24.3 Å². The lowest BCUT2D eigenvalue weighted by Crippen LogP contribution is -2.48. The second-order valence-corrected chi connectivity index (χ2v) is 5.57. The van der Waals surface area contributed by atoms with Crippen LogP contribution in [-0.2, 0) is 4.74 Å². The second kappa shape index (κ2) is 5.74. The van der Waals surface area contributed by atoms with Crippen molar-refractivity contribution in [3.8, 4) is 0 Å². The summed E-state index contributed by atoms with van der Waals surface area (Å²) < 4.78 is 5.95. The molecule has 0 radical (unpaired) electrons. The zero-order valence-corrected chi connectivity index (χ0v) is 12.4. The van der Waals surface area contributed by atoms with Crippen LogP contribution in [0.5, 0.6) is 0 Å². The Kier molecular flexibility index (Phi) is 3.80. The molecule has 4 nitrogen and oxygen atoms in total. The van der Waals surface area contributed by atoms with Crippen molar-refractivity contribution in [3.63, 3.8) is 0 Å². The average molecular weight is 284 g/mol. The summed E-state index contributed by atoms with van der Waals surface area (Å²) in [5, 5.41) is 0. The van der Waals surface area contributed by atoms with Crippen molar-refractivity contribution in [3.05, 3.63) is 59.4 Å². The van der Waals surface area contributed by atoms with Gasteiger partial charge in [0.05, 0.1) is 19.2 Å². The number of nitrogens with zero attached hydrogens (tertiary/aromatic N) is 1. The summed E-state index contributed by atoms with van der Waals surface area (Å²) >= 11 is 0. The molecule has 0 bridgehead atoms. The van der Waals surface area contributed by atoms with E-state index in [1.54, 1.807) is 6.20 Å². The molecule has 2 unspecified atom stereocenters. The van der Waals surface area contributed by atoms with Crippen LogP contribution in [0.25, 0.3) is 0 Å². The fraction of sp³-hybridized carbons (Fsp3) is 0.353. The highest BCUT2D eigenvalue weighted by Crippen LogP contribution is 2.27. The van der Waals surface area contributed by atoms with E-state index in [1.807, 2.05) is 36.1 Å². The number of H-pyrrole nitrogens is 1. The van der Waals surface area contributed by atoms with Crippen LogP contribution in [0.4, 0.5) is 0 Å². The first-order valence-electron chi connectivity index (χ1n) is 7.28. The Morgan fingerprint density at radius 2 is 2.10 bits per heavy atom. The molecular formula is C17H20N2O2. The maximum atomic E-state index is 12.6. The van der Waals surface area contributed by atoms with E-state index in [9.17, 15) is 4.79 Å². The maximum absolute atomic E-state index is 12.6. The van der Waals surface area contributed by atoms with Crippen molar-refractivity contribution in [2.24, 2.45) is 0 Å². The largest absolute Gasteiger partial charge is 0.370 e. The molecular weight excluding hydrogens is 264 g/mol. The van der Waals surface area contributed by atoms with E-state index in [4.69, 9.17) is 4.74 Å². The lowest BCUT2D eigenvalue weighted by Gasteiger charge is -2.38. The van der Waals surface area contributed by atoms with Gasteiger partial charge in [-0.2, -0.15) is 0 Å². The van der Waals surface area contributed by atoms with Crippen molar-refractivity contribution in [1.29, 1.82) is 0 Å². The third-order valence-electron chi connectivity index (χ3n) is 4.06.